The zero-order valence-electron chi connectivity index (χ0n) is 16.3. The molecule has 0 saturated heterocycles. The predicted molar refractivity (Wildman–Crippen MR) is 123 cm³/mol. The van der Waals surface area contributed by atoms with Gasteiger partial charge in [0.05, 0.1) is 6.61 Å². The van der Waals surface area contributed by atoms with Crippen LogP contribution in [0.4, 0.5) is 21.5 Å². The number of aliphatic hydroxyl groups excluding tert-OH is 1. The largest absolute Gasteiger partial charge is 0.399 e. The quantitative estimate of drug-likeness (QED) is 0.295. The molecule has 0 saturated carbocycles. The maximum Gasteiger partial charge on any atom is 0.270 e. The first-order valence-electron chi connectivity index (χ1n) is 9.31. The molecule has 0 fully saturated rings. The first-order chi connectivity index (χ1) is 14.9. The topological polar surface area (TPSA) is 143 Å². The number of carbonyl (C=O) groups is 2. The number of rotatable bonds is 6. The first kappa shape index (κ1) is 20.3. The Labute approximate surface area is 181 Å². The molecule has 156 valence electrons. The molecule has 7 N–H and O–H groups in total. The number of fused-ring (bicyclic) bond motifs is 1. The van der Waals surface area contributed by atoms with Gasteiger partial charge in [0.25, 0.3) is 11.8 Å². The lowest BCUT2D eigenvalue weighted by Gasteiger charge is -2.06. The molecular formula is C22H19N5O3S. The second-order valence-electron chi connectivity index (χ2n) is 6.82. The summed E-state index contributed by atoms with van der Waals surface area (Å²) < 4.78 is 0. The van der Waals surface area contributed by atoms with Gasteiger partial charge in [0.1, 0.15) is 5.00 Å². The summed E-state index contributed by atoms with van der Waals surface area (Å²) in [7, 11) is 0. The van der Waals surface area contributed by atoms with Crippen molar-refractivity contribution in [3.63, 3.8) is 0 Å². The number of hydrogen-bond donors (Lipinski definition) is 5. The van der Waals surface area contributed by atoms with Crippen molar-refractivity contribution in [2.75, 3.05) is 16.4 Å². The number of primary amides is 1. The molecule has 0 aliphatic heterocycles. The second kappa shape index (κ2) is 8.42. The van der Waals surface area contributed by atoms with Gasteiger partial charge < -0.3 is 27.2 Å². The van der Waals surface area contributed by atoms with Crippen molar-refractivity contribution < 1.29 is 14.7 Å². The van der Waals surface area contributed by atoms with E-state index in [1.165, 1.54) is 0 Å². The van der Waals surface area contributed by atoms with E-state index < -0.39 is 11.8 Å². The van der Waals surface area contributed by atoms with Crippen LogP contribution >= 0.6 is 11.3 Å². The van der Waals surface area contributed by atoms with E-state index >= 15 is 0 Å². The minimum absolute atomic E-state index is 0.0180. The number of thiazole rings is 1. The average Bonchev–Trinajstić information content (AvgIpc) is 3.16. The van der Waals surface area contributed by atoms with Gasteiger partial charge in [-0.25, -0.2) is 4.98 Å². The highest BCUT2D eigenvalue weighted by molar-refractivity contribution is 7.20. The summed E-state index contributed by atoms with van der Waals surface area (Å²) in [6.07, 6.45) is 0. The molecule has 0 radical (unpaired) electrons. The van der Waals surface area contributed by atoms with E-state index in [0.29, 0.717) is 16.4 Å². The number of carbonyl (C=O) groups excluding carboxylic acids is 2. The van der Waals surface area contributed by atoms with E-state index in [-0.39, 0.29) is 17.3 Å². The third kappa shape index (κ3) is 4.47. The molecule has 31 heavy (non-hydrogen) atoms. The number of nitrogens with two attached hydrogens (primary N) is 2. The molecule has 0 aliphatic rings. The van der Waals surface area contributed by atoms with Gasteiger partial charge in [-0.05, 0) is 58.8 Å². The van der Waals surface area contributed by atoms with Gasteiger partial charge in [-0.2, -0.15) is 0 Å². The molecule has 8 nitrogen and oxygen atoms in total. The van der Waals surface area contributed by atoms with Gasteiger partial charge in [-0.3, -0.25) is 9.59 Å². The molecule has 2 amide bonds. The van der Waals surface area contributed by atoms with Gasteiger partial charge in [0, 0.05) is 16.9 Å². The Kier molecular flexibility index (Phi) is 5.52. The van der Waals surface area contributed by atoms with Crippen LogP contribution in [-0.2, 0) is 6.61 Å². The molecule has 3 aromatic carbocycles. The molecular weight excluding hydrogens is 414 g/mol. The summed E-state index contributed by atoms with van der Waals surface area (Å²) in [5.41, 5.74) is 13.6. The average molecular weight is 433 g/mol. The molecule has 0 spiro atoms. The van der Waals surface area contributed by atoms with E-state index in [1.807, 2.05) is 36.4 Å². The first-order valence-corrected chi connectivity index (χ1v) is 10.1. The lowest BCUT2D eigenvalue weighted by Crippen LogP contribution is -2.17. The van der Waals surface area contributed by atoms with Crippen molar-refractivity contribution in [2.24, 2.45) is 5.73 Å². The molecule has 0 bridgehead atoms. The zero-order chi connectivity index (χ0) is 22.0. The highest BCUT2D eigenvalue weighted by Gasteiger charge is 2.19. The standard InChI is InChI=1S/C22H19N5O3S/c23-16-6-3-13(4-7-16)20(30)27-21-18(19(24)29)26-22(31-21)25-17-8-5-14-9-12(11-28)1-2-15(14)10-17/h1-10,28H,11,23H2,(H2,24,29)(H,25,26)(H,27,30). The van der Waals surface area contributed by atoms with Crippen LogP contribution in [-0.4, -0.2) is 21.9 Å². The van der Waals surface area contributed by atoms with Crippen molar-refractivity contribution >= 4 is 55.4 Å². The highest BCUT2D eigenvalue weighted by atomic mass is 32.1. The third-order valence-electron chi connectivity index (χ3n) is 4.60. The number of nitrogen functional groups attached to an aromatic ring is 1. The summed E-state index contributed by atoms with van der Waals surface area (Å²) >= 11 is 1.11. The Bertz CT molecular complexity index is 1280. The lowest BCUT2D eigenvalue weighted by molar-refractivity contribution is 0.0997. The Balaban J connectivity index is 1.58. The smallest absolute Gasteiger partial charge is 0.270 e. The number of aromatic nitrogens is 1. The summed E-state index contributed by atoms with van der Waals surface area (Å²) in [5, 5.41) is 17.7. The zero-order valence-corrected chi connectivity index (χ0v) is 17.1. The Morgan fingerprint density at radius 1 is 1.00 bits per heavy atom. The second-order valence-corrected chi connectivity index (χ2v) is 7.82. The van der Waals surface area contributed by atoms with Crippen molar-refractivity contribution in [3.8, 4) is 0 Å². The minimum atomic E-state index is -0.744. The highest BCUT2D eigenvalue weighted by Crippen LogP contribution is 2.32. The molecule has 9 heteroatoms. The minimum Gasteiger partial charge on any atom is -0.399 e. The molecule has 4 rings (SSSR count). The Morgan fingerprint density at radius 3 is 2.42 bits per heavy atom. The van der Waals surface area contributed by atoms with Crippen LogP contribution in [0.2, 0.25) is 0 Å². The molecule has 0 unspecified atom stereocenters. The van der Waals surface area contributed by atoms with Crippen LogP contribution in [0.5, 0.6) is 0 Å². The number of nitrogens with one attached hydrogen (secondary N) is 2. The number of aliphatic hydroxyl groups is 1. The van der Waals surface area contributed by atoms with Crippen molar-refractivity contribution in [1.82, 2.24) is 4.98 Å². The summed E-state index contributed by atoms with van der Waals surface area (Å²) in [4.78, 5) is 28.6. The van der Waals surface area contributed by atoms with Crippen molar-refractivity contribution in [1.29, 1.82) is 0 Å². The van der Waals surface area contributed by atoms with E-state index in [1.54, 1.807) is 24.3 Å². The summed E-state index contributed by atoms with van der Waals surface area (Å²) in [6, 6.07) is 17.8. The lowest BCUT2D eigenvalue weighted by atomic mass is 10.1. The van der Waals surface area contributed by atoms with Gasteiger partial charge in [-0.15, -0.1) is 0 Å². The molecule has 0 aliphatic carbocycles. The number of amides is 2. The van der Waals surface area contributed by atoms with Crippen LogP contribution in [0.25, 0.3) is 10.8 Å². The number of hydrogen-bond acceptors (Lipinski definition) is 7. The van der Waals surface area contributed by atoms with Gasteiger partial charge >= 0.3 is 0 Å². The summed E-state index contributed by atoms with van der Waals surface area (Å²) in [6.45, 7) is -0.0180. The maximum absolute atomic E-state index is 12.5. The van der Waals surface area contributed by atoms with Gasteiger partial charge in [-0.1, -0.05) is 29.5 Å². The van der Waals surface area contributed by atoms with Crippen LogP contribution < -0.4 is 22.1 Å². The predicted octanol–water partition coefficient (Wildman–Crippen LogP) is 3.47. The third-order valence-corrected chi connectivity index (χ3v) is 5.49. The molecule has 1 aromatic heterocycles. The number of anilines is 4. The fraction of sp³-hybridized carbons (Fsp3) is 0.0455. The molecule has 1 heterocycles. The van der Waals surface area contributed by atoms with Gasteiger partial charge in [0.2, 0.25) is 0 Å². The van der Waals surface area contributed by atoms with Crippen LogP contribution in [0.1, 0.15) is 26.4 Å². The van der Waals surface area contributed by atoms with E-state index in [9.17, 15) is 14.7 Å². The number of nitrogens with zero attached hydrogens (tertiary/aromatic N) is 1. The van der Waals surface area contributed by atoms with E-state index in [2.05, 4.69) is 15.6 Å². The van der Waals surface area contributed by atoms with E-state index in [4.69, 9.17) is 11.5 Å². The van der Waals surface area contributed by atoms with Crippen LogP contribution in [0.15, 0.2) is 60.7 Å². The van der Waals surface area contributed by atoms with Gasteiger partial charge in [0.15, 0.2) is 10.8 Å². The molecule has 4 aromatic rings. The SMILES string of the molecule is NC(=O)c1nc(Nc2ccc3cc(CO)ccc3c2)sc1NC(=O)c1ccc(N)cc1. The Morgan fingerprint density at radius 2 is 1.71 bits per heavy atom. The van der Waals surface area contributed by atoms with E-state index in [0.717, 1.165) is 33.4 Å². The van der Waals surface area contributed by atoms with Crippen molar-refractivity contribution in [3.05, 3.63) is 77.5 Å². The maximum atomic E-state index is 12.5. The fourth-order valence-electron chi connectivity index (χ4n) is 3.03. The number of benzene rings is 3. The monoisotopic (exact) mass is 433 g/mol. The van der Waals surface area contributed by atoms with Crippen molar-refractivity contribution in [2.45, 2.75) is 6.61 Å². The Hall–Kier alpha value is -3.95. The van der Waals surface area contributed by atoms with Crippen LogP contribution in [0.3, 0.4) is 0 Å². The molecule has 0 atom stereocenters. The fourth-order valence-corrected chi connectivity index (χ4v) is 3.92. The summed E-state index contributed by atoms with van der Waals surface area (Å²) in [5.74, 6) is -1.14. The van der Waals surface area contributed by atoms with Crippen LogP contribution in [0, 0.1) is 0 Å². The normalized spacial score (nSPS) is 10.7.